The molecule has 0 saturated carbocycles. The zero-order valence-corrected chi connectivity index (χ0v) is 13.1. The molecule has 1 N–H and O–H groups in total. The highest BCUT2D eigenvalue weighted by Gasteiger charge is 2.27. The van der Waals surface area contributed by atoms with E-state index >= 15 is 0 Å². The summed E-state index contributed by atoms with van der Waals surface area (Å²) >= 11 is 11.6. The first-order valence-corrected chi connectivity index (χ1v) is 7.59. The molecule has 1 aromatic carbocycles. The number of likely N-dealkylation sites (N-methyl/N-ethyl adjacent to an activating group) is 1. The van der Waals surface area contributed by atoms with E-state index in [2.05, 4.69) is 0 Å². The lowest BCUT2D eigenvalue weighted by Gasteiger charge is -2.18. The molecular formula is C11H13Cl2NO5S. The number of benzene rings is 1. The average molecular weight is 342 g/mol. The summed E-state index contributed by atoms with van der Waals surface area (Å²) in [6, 6.07) is 2.22. The first-order chi connectivity index (χ1) is 9.21. The third kappa shape index (κ3) is 3.62. The number of halogens is 2. The Hall–Kier alpha value is -0.860. The molecule has 9 heteroatoms. The van der Waals surface area contributed by atoms with Crippen LogP contribution in [0.4, 0.5) is 0 Å². The van der Waals surface area contributed by atoms with Gasteiger partial charge < -0.3 is 9.84 Å². The van der Waals surface area contributed by atoms with Gasteiger partial charge >= 0.3 is 5.97 Å². The van der Waals surface area contributed by atoms with Crippen molar-refractivity contribution in [1.82, 2.24) is 4.31 Å². The normalized spacial score (nSPS) is 11.8. The smallest absolute Gasteiger partial charge is 0.337 e. The lowest BCUT2D eigenvalue weighted by molar-refractivity contribution is 0.0697. The van der Waals surface area contributed by atoms with E-state index in [1.165, 1.54) is 14.2 Å². The van der Waals surface area contributed by atoms with Gasteiger partial charge in [0.25, 0.3) is 0 Å². The van der Waals surface area contributed by atoms with E-state index in [1.807, 2.05) is 0 Å². The zero-order valence-electron chi connectivity index (χ0n) is 10.8. The minimum atomic E-state index is -3.95. The van der Waals surface area contributed by atoms with Gasteiger partial charge in [0.1, 0.15) is 4.90 Å². The van der Waals surface area contributed by atoms with E-state index in [1.54, 1.807) is 0 Å². The minimum absolute atomic E-state index is 0.0227. The fraction of sp³-hybridized carbons (Fsp3) is 0.364. The Morgan fingerprint density at radius 1 is 1.40 bits per heavy atom. The number of rotatable bonds is 6. The molecule has 0 unspecified atom stereocenters. The summed E-state index contributed by atoms with van der Waals surface area (Å²) in [6.45, 7) is 0.295. The van der Waals surface area contributed by atoms with Crippen LogP contribution in [-0.2, 0) is 14.8 Å². The van der Waals surface area contributed by atoms with Gasteiger partial charge in [0, 0.05) is 25.7 Å². The minimum Gasteiger partial charge on any atom is -0.478 e. The highest BCUT2D eigenvalue weighted by molar-refractivity contribution is 7.89. The molecule has 0 heterocycles. The number of hydrogen-bond acceptors (Lipinski definition) is 4. The molecular weight excluding hydrogens is 329 g/mol. The van der Waals surface area contributed by atoms with Crippen LogP contribution in [0.25, 0.3) is 0 Å². The number of methoxy groups -OCH3 is 1. The number of carboxylic acids is 1. The summed E-state index contributed by atoms with van der Waals surface area (Å²) < 4.78 is 30.5. The molecule has 1 aromatic rings. The highest BCUT2D eigenvalue weighted by atomic mass is 35.5. The van der Waals surface area contributed by atoms with Crippen molar-refractivity contribution in [2.24, 2.45) is 0 Å². The molecule has 0 fully saturated rings. The monoisotopic (exact) mass is 341 g/mol. The lowest BCUT2D eigenvalue weighted by atomic mass is 10.2. The van der Waals surface area contributed by atoms with E-state index in [9.17, 15) is 13.2 Å². The Labute approximate surface area is 126 Å². The quantitative estimate of drug-likeness (QED) is 0.854. The molecule has 112 valence electrons. The van der Waals surface area contributed by atoms with Crippen molar-refractivity contribution in [2.75, 3.05) is 27.3 Å². The maximum Gasteiger partial charge on any atom is 0.337 e. The lowest BCUT2D eigenvalue weighted by Crippen LogP contribution is -2.30. The van der Waals surface area contributed by atoms with Gasteiger partial charge in [-0.05, 0) is 12.1 Å². The van der Waals surface area contributed by atoms with E-state index in [-0.39, 0.29) is 33.7 Å². The molecule has 0 spiro atoms. The van der Waals surface area contributed by atoms with Gasteiger partial charge in [-0.2, -0.15) is 4.31 Å². The number of sulfonamides is 1. The van der Waals surface area contributed by atoms with Crippen molar-refractivity contribution in [3.05, 3.63) is 27.7 Å². The Balaban J connectivity index is 3.35. The standard InChI is InChI=1S/C11H13Cl2NO5S/c1-14(3-4-19-2)20(17,18)9-6-7(12)5-8(10(9)13)11(15)16/h5-6H,3-4H2,1-2H3,(H,15,16). The number of ether oxygens (including phenoxy) is 1. The predicted octanol–water partition coefficient (Wildman–Crippen LogP) is 1.96. The molecule has 0 aliphatic carbocycles. The van der Waals surface area contributed by atoms with Crippen LogP contribution in [0.15, 0.2) is 17.0 Å². The largest absolute Gasteiger partial charge is 0.478 e. The Morgan fingerprint density at radius 3 is 2.50 bits per heavy atom. The highest BCUT2D eigenvalue weighted by Crippen LogP contribution is 2.31. The average Bonchev–Trinajstić information content (AvgIpc) is 2.37. The Bertz CT molecular complexity index is 617. The topological polar surface area (TPSA) is 83.9 Å². The van der Waals surface area contributed by atoms with E-state index in [4.69, 9.17) is 33.0 Å². The molecule has 0 saturated heterocycles. The zero-order chi connectivity index (χ0) is 15.5. The van der Waals surface area contributed by atoms with Crippen LogP contribution in [0, 0.1) is 0 Å². The number of nitrogens with zero attached hydrogens (tertiary/aromatic N) is 1. The third-order valence-electron chi connectivity index (χ3n) is 2.53. The first-order valence-electron chi connectivity index (χ1n) is 5.39. The van der Waals surface area contributed by atoms with Crippen LogP contribution < -0.4 is 0 Å². The van der Waals surface area contributed by atoms with E-state index in [0.717, 1.165) is 16.4 Å². The van der Waals surface area contributed by atoms with Crippen molar-refractivity contribution in [2.45, 2.75) is 4.90 Å². The maximum atomic E-state index is 12.3. The molecule has 1 rings (SSSR count). The number of carboxylic acid groups (broad SMARTS) is 1. The summed E-state index contributed by atoms with van der Waals surface area (Å²) in [5, 5.41) is 8.60. The predicted molar refractivity (Wildman–Crippen MR) is 75.1 cm³/mol. The molecule has 0 aliphatic heterocycles. The molecule has 0 atom stereocenters. The molecule has 0 aliphatic rings. The van der Waals surface area contributed by atoms with Gasteiger partial charge in [-0.15, -0.1) is 0 Å². The van der Waals surface area contributed by atoms with Gasteiger partial charge in [0.2, 0.25) is 10.0 Å². The van der Waals surface area contributed by atoms with E-state index < -0.39 is 16.0 Å². The maximum absolute atomic E-state index is 12.3. The number of hydrogen-bond donors (Lipinski definition) is 1. The van der Waals surface area contributed by atoms with Crippen LogP contribution in [-0.4, -0.2) is 51.1 Å². The van der Waals surface area contributed by atoms with Gasteiger partial charge in [0.05, 0.1) is 17.2 Å². The van der Waals surface area contributed by atoms with Crippen molar-refractivity contribution >= 4 is 39.2 Å². The van der Waals surface area contributed by atoms with Gasteiger partial charge in [-0.3, -0.25) is 0 Å². The van der Waals surface area contributed by atoms with Crippen molar-refractivity contribution in [1.29, 1.82) is 0 Å². The van der Waals surface area contributed by atoms with Crippen LogP contribution >= 0.6 is 23.2 Å². The van der Waals surface area contributed by atoms with Gasteiger partial charge in [-0.25, -0.2) is 13.2 Å². The van der Waals surface area contributed by atoms with E-state index in [0.29, 0.717) is 0 Å². The Kier molecular flexibility index (Phi) is 5.79. The third-order valence-corrected chi connectivity index (χ3v) is 5.15. The summed E-state index contributed by atoms with van der Waals surface area (Å²) in [7, 11) is -1.17. The summed E-state index contributed by atoms with van der Waals surface area (Å²) in [4.78, 5) is 10.7. The molecule has 0 amide bonds. The molecule has 0 radical (unpaired) electrons. The van der Waals surface area contributed by atoms with Gasteiger partial charge in [0.15, 0.2) is 0 Å². The van der Waals surface area contributed by atoms with Crippen LogP contribution in [0.5, 0.6) is 0 Å². The second-order valence-corrected chi connectivity index (χ2v) is 6.72. The molecule has 6 nitrogen and oxygen atoms in total. The van der Waals surface area contributed by atoms with Gasteiger partial charge in [-0.1, -0.05) is 23.2 Å². The fourth-order valence-corrected chi connectivity index (χ4v) is 3.44. The summed E-state index contributed by atoms with van der Waals surface area (Å²) in [5.74, 6) is -1.35. The van der Waals surface area contributed by atoms with Crippen LogP contribution in [0.2, 0.25) is 10.0 Å². The van der Waals surface area contributed by atoms with Crippen molar-refractivity contribution < 1.29 is 23.1 Å². The summed E-state index contributed by atoms with van der Waals surface area (Å²) in [6.07, 6.45) is 0. The molecule has 20 heavy (non-hydrogen) atoms. The second kappa shape index (κ2) is 6.73. The first kappa shape index (κ1) is 17.2. The Morgan fingerprint density at radius 2 is 2.00 bits per heavy atom. The second-order valence-electron chi connectivity index (χ2n) is 3.89. The fourth-order valence-electron chi connectivity index (χ4n) is 1.42. The number of carbonyl (C=O) groups is 1. The number of aromatic carboxylic acids is 1. The van der Waals surface area contributed by atoms with Crippen molar-refractivity contribution in [3.63, 3.8) is 0 Å². The van der Waals surface area contributed by atoms with Crippen molar-refractivity contribution in [3.8, 4) is 0 Å². The summed E-state index contributed by atoms with van der Waals surface area (Å²) in [5.41, 5.74) is -0.363. The molecule has 0 bridgehead atoms. The molecule has 0 aromatic heterocycles. The van der Waals surface area contributed by atoms with Crippen LogP contribution in [0.1, 0.15) is 10.4 Å². The van der Waals surface area contributed by atoms with Crippen LogP contribution in [0.3, 0.4) is 0 Å². The SMILES string of the molecule is COCCN(C)S(=O)(=O)c1cc(Cl)cc(C(=O)O)c1Cl.